The Bertz CT molecular complexity index is 1010. The highest BCUT2D eigenvalue weighted by Crippen LogP contribution is 2.24. The molecule has 1 fully saturated rings. The highest BCUT2D eigenvalue weighted by Gasteiger charge is 2.33. The van der Waals surface area contributed by atoms with Crippen LogP contribution in [-0.2, 0) is 0 Å². The van der Waals surface area contributed by atoms with Crippen LogP contribution in [0.25, 0.3) is 16.7 Å². The third-order valence-electron chi connectivity index (χ3n) is 5.58. The predicted octanol–water partition coefficient (Wildman–Crippen LogP) is 2.82. The van der Waals surface area contributed by atoms with Crippen LogP contribution in [0.4, 0.5) is 8.78 Å². The number of carbonyl (C=O) groups is 1. The first kappa shape index (κ1) is 20.4. The van der Waals surface area contributed by atoms with Crippen LogP contribution in [0.2, 0.25) is 0 Å². The van der Waals surface area contributed by atoms with Crippen molar-refractivity contribution in [2.75, 3.05) is 0 Å². The zero-order valence-electron chi connectivity index (χ0n) is 16.9. The zero-order valence-corrected chi connectivity index (χ0v) is 16.9. The Balaban J connectivity index is 1.44. The van der Waals surface area contributed by atoms with Gasteiger partial charge in [-0.3, -0.25) is 14.5 Å². The smallest absolute Gasteiger partial charge is 0.272 e. The molecule has 3 aromatic heterocycles. The topological polar surface area (TPSA) is 101 Å². The van der Waals surface area contributed by atoms with Gasteiger partial charge in [-0.2, -0.15) is 5.10 Å². The van der Waals surface area contributed by atoms with Gasteiger partial charge >= 0.3 is 0 Å². The number of hydrogen-bond acceptors (Lipinski definition) is 5. The molecule has 0 radical (unpaired) electrons. The zero-order chi connectivity index (χ0) is 21.3. The Hall–Kier alpha value is -2.88. The van der Waals surface area contributed by atoms with Gasteiger partial charge in [0.05, 0.1) is 17.3 Å². The number of nitrogens with one attached hydrogen (secondary N) is 3. The van der Waals surface area contributed by atoms with Crippen LogP contribution in [0.15, 0.2) is 31.0 Å². The number of carbonyl (C=O) groups excluding carboxylic acids is 1. The van der Waals surface area contributed by atoms with Gasteiger partial charge in [0.25, 0.3) is 12.3 Å². The molecule has 0 aromatic carbocycles. The number of pyridine rings is 1. The summed E-state index contributed by atoms with van der Waals surface area (Å²) >= 11 is 0. The molecule has 1 aliphatic rings. The van der Waals surface area contributed by atoms with Crippen LogP contribution < -0.4 is 10.6 Å². The Kier molecular flexibility index (Phi) is 5.50. The van der Waals surface area contributed by atoms with Crippen molar-refractivity contribution in [2.24, 2.45) is 0 Å². The molecule has 1 saturated carbocycles. The van der Waals surface area contributed by atoms with Gasteiger partial charge in [0.2, 0.25) is 0 Å². The maximum Gasteiger partial charge on any atom is 0.272 e. The molecular formula is C20H25F2N7O. The number of aromatic amines is 1. The lowest BCUT2D eigenvalue weighted by Crippen LogP contribution is -2.53. The normalized spacial score (nSPS) is 20.0. The summed E-state index contributed by atoms with van der Waals surface area (Å²) in [6, 6.07) is 1.82. The lowest BCUT2D eigenvalue weighted by atomic mass is 9.89. The number of alkyl halides is 2. The molecule has 160 valence electrons. The number of hydrogen-bond donors (Lipinski definition) is 3. The predicted molar refractivity (Wildman–Crippen MR) is 108 cm³/mol. The summed E-state index contributed by atoms with van der Waals surface area (Å²) in [4.78, 5) is 21.5. The van der Waals surface area contributed by atoms with Crippen molar-refractivity contribution in [1.29, 1.82) is 0 Å². The van der Waals surface area contributed by atoms with Gasteiger partial charge in [-0.1, -0.05) is 0 Å². The van der Waals surface area contributed by atoms with Gasteiger partial charge in [0, 0.05) is 29.9 Å². The first-order valence-electron chi connectivity index (χ1n) is 10.0. The van der Waals surface area contributed by atoms with Crippen molar-refractivity contribution in [3.63, 3.8) is 0 Å². The second-order valence-corrected chi connectivity index (χ2v) is 8.32. The SMILES string of the molecule is CC(C)(NC1CCC(NC(=O)c2nc(-n3ccnc3)cc3cn[nH]c23)CC1)C(F)F. The Morgan fingerprint density at radius 2 is 2.00 bits per heavy atom. The largest absolute Gasteiger partial charge is 0.348 e. The monoisotopic (exact) mass is 417 g/mol. The summed E-state index contributed by atoms with van der Waals surface area (Å²) < 4.78 is 27.9. The van der Waals surface area contributed by atoms with Crippen molar-refractivity contribution in [3.8, 4) is 5.82 Å². The number of aromatic nitrogens is 5. The van der Waals surface area contributed by atoms with Crippen LogP contribution in [0.3, 0.4) is 0 Å². The first-order valence-corrected chi connectivity index (χ1v) is 10.0. The van der Waals surface area contributed by atoms with Crippen LogP contribution in [0, 0.1) is 0 Å². The van der Waals surface area contributed by atoms with E-state index in [1.807, 2.05) is 6.07 Å². The Morgan fingerprint density at radius 3 is 2.67 bits per heavy atom. The summed E-state index contributed by atoms with van der Waals surface area (Å²) in [6.45, 7) is 3.03. The molecule has 1 amide bonds. The van der Waals surface area contributed by atoms with Gasteiger partial charge in [0.1, 0.15) is 12.1 Å². The lowest BCUT2D eigenvalue weighted by molar-refractivity contribution is 0.0394. The minimum atomic E-state index is -2.43. The molecule has 3 aromatic rings. The van der Waals surface area contributed by atoms with Crippen molar-refractivity contribution >= 4 is 16.8 Å². The fraction of sp³-hybridized carbons (Fsp3) is 0.500. The van der Waals surface area contributed by atoms with Crippen molar-refractivity contribution in [3.05, 3.63) is 36.7 Å². The fourth-order valence-corrected chi connectivity index (χ4v) is 3.85. The van der Waals surface area contributed by atoms with Crippen molar-refractivity contribution in [1.82, 2.24) is 35.4 Å². The number of amides is 1. The third-order valence-corrected chi connectivity index (χ3v) is 5.58. The molecule has 0 aliphatic heterocycles. The van der Waals surface area contributed by atoms with Gasteiger partial charge in [-0.25, -0.2) is 18.7 Å². The number of halogens is 2. The quantitative estimate of drug-likeness (QED) is 0.573. The molecule has 0 bridgehead atoms. The van der Waals surface area contributed by atoms with E-state index < -0.39 is 12.0 Å². The maximum atomic E-state index is 13.1. The number of rotatable bonds is 6. The molecule has 3 N–H and O–H groups in total. The Morgan fingerprint density at radius 1 is 1.27 bits per heavy atom. The molecule has 8 nitrogen and oxygen atoms in total. The van der Waals surface area contributed by atoms with Crippen LogP contribution in [0.1, 0.15) is 50.0 Å². The standard InChI is InChI=1S/C20H25F2N7O/c1-20(2,19(21)22)27-14-5-3-13(4-6-14)25-18(30)17-16-12(10-24-28-16)9-15(26-17)29-8-7-23-11-29/h7-11,13-14,19,27H,3-6H2,1-2H3,(H,24,28)(H,25,30). The summed E-state index contributed by atoms with van der Waals surface area (Å²) in [5.41, 5.74) is -0.372. The van der Waals surface area contributed by atoms with E-state index in [0.29, 0.717) is 11.3 Å². The first-order chi connectivity index (χ1) is 14.3. The van der Waals surface area contributed by atoms with Crippen molar-refractivity contribution < 1.29 is 13.6 Å². The fourth-order valence-electron chi connectivity index (χ4n) is 3.85. The molecule has 0 unspecified atom stereocenters. The number of H-pyrrole nitrogens is 1. The second-order valence-electron chi connectivity index (χ2n) is 8.32. The molecule has 4 rings (SSSR count). The van der Waals surface area contributed by atoms with E-state index in [9.17, 15) is 13.6 Å². The summed E-state index contributed by atoms with van der Waals surface area (Å²) in [5, 5.41) is 13.7. The van der Waals surface area contributed by atoms with E-state index in [-0.39, 0.29) is 23.7 Å². The maximum absolute atomic E-state index is 13.1. The Labute approximate surface area is 172 Å². The molecule has 3 heterocycles. The molecule has 0 saturated heterocycles. The average Bonchev–Trinajstić information content (AvgIpc) is 3.40. The molecule has 0 atom stereocenters. The molecule has 1 aliphatic carbocycles. The average molecular weight is 417 g/mol. The van der Waals surface area contributed by atoms with Gasteiger partial charge < -0.3 is 10.6 Å². The van der Waals surface area contributed by atoms with Gasteiger partial charge in [-0.15, -0.1) is 0 Å². The highest BCUT2D eigenvalue weighted by molar-refractivity contribution is 6.04. The molecule has 10 heteroatoms. The van der Waals surface area contributed by atoms with Crippen LogP contribution >= 0.6 is 0 Å². The van der Waals surface area contributed by atoms with E-state index >= 15 is 0 Å². The summed E-state index contributed by atoms with van der Waals surface area (Å²) in [6.07, 6.45) is 7.12. The van der Waals surface area contributed by atoms with Crippen LogP contribution in [0.5, 0.6) is 0 Å². The van der Waals surface area contributed by atoms with Gasteiger partial charge in [0.15, 0.2) is 5.69 Å². The van der Waals surface area contributed by atoms with E-state index in [0.717, 1.165) is 31.1 Å². The molecular weight excluding hydrogens is 392 g/mol. The lowest BCUT2D eigenvalue weighted by Gasteiger charge is -2.35. The third kappa shape index (κ3) is 4.18. The molecule has 0 spiro atoms. The van der Waals surface area contributed by atoms with Gasteiger partial charge in [-0.05, 0) is 45.6 Å². The van der Waals surface area contributed by atoms with E-state index in [2.05, 4.69) is 30.8 Å². The summed E-state index contributed by atoms with van der Waals surface area (Å²) in [7, 11) is 0. The van der Waals surface area contributed by atoms with E-state index in [4.69, 9.17) is 0 Å². The molecule has 30 heavy (non-hydrogen) atoms. The van der Waals surface area contributed by atoms with Crippen molar-refractivity contribution in [2.45, 2.75) is 63.6 Å². The minimum absolute atomic E-state index is 0.0177. The van der Waals surface area contributed by atoms with Crippen LogP contribution in [-0.4, -0.2) is 54.7 Å². The second kappa shape index (κ2) is 8.10. The minimum Gasteiger partial charge on any atom is -0.348 e. The highest BCUT2D eigenvalue weighted by atomic mass is 19.3. The number of imidazole rings is 1. The summed E-state index contributed by atoms with van der Waals surface area (Å²) in [5.74, 6) is 0.296. The number of nitrogens with zero attached hydrogens (tertiary/aromatic N) is 4. The van der Waals surface area contributed by atoms with E-state index in [1.54, 1.807) is 29.5 Å². The number of fused-ring (bicyclic) bond motifs is 1. The van der Waals surface area contributed by atoms with E-state index in [1.165, 1.54) is 13.8 Å².